The number of benzene rings is 1. The topological polar surface area (TPSA) is 49.5 Å². The number of fused-ring (bicyclic) bond motifs is 3. The molecule has 1 aromatic rings. The van der Waals surface area contributed by atoms with Crippen molar-refractivity contribution in [2.75, 3.05) is 13.7 Å². The lowest BCUT2D eigenvalue weighted by Gasteiger charge is -2.39. The number of hydrogen-bond acceptors (Lipinski definition) is 5. The molecule has 3 heterocycles. The normalized spacial score (nSPS) is 44.3. The van der Waals surface area contributed by atoms with Gasteiger partial charge >= 0.3 is 0 Å². The summed E-state index contributed by atoms with van der Waals surface area (Å²) in [6.45, 7) is 0.497. The number of ether oxygens (including phenoxy) is 5. The Kier molecular flexibility index (Phi) is 2.82. The summed E-state index contributed by atoms with van der Waals surface area (Å²) in [7, 11) is 1.63. The van der Waals surface area contributed by atoms with Gasteiger partial charge in [0.25, 0.3) is 0 Å². The van der Waals surface area contributed by atoms with Crippen LogP contribution in [0.4, 0.5) is 0 Å². The van der Waals surface area contributed by atoms with Gasteiger partial charge in [-0.2, -0.15) is 0 Å². The maximum absolute atomic E-state index is 6.00. The lowest BCUT2D eigenvalue weighted by atomic mass is 10.0. The van der Waals surface area contributed by atoms with Crippen molar-refractivity contribution in [2.24, 2.45) is 0 Å². The van der Waals surface area contributed by atoms with E-state index in [1.165, 1.54) is 0 Å². The van der Waals surface area contributed by atoms with Crippen LogP contribution >= 0.6 is 0 Å². The van der Waals surface area contributed by atoms with E-state index >= 15 is 0 Å². The van der Waals surface area contributed by atoms with E-state index in [0.717, 1.165) is 5.56 Å². The van der Waals surface area contributed by atoms with Crippen molar-refractivity contribution in [3.63, 3.8) is 0 Å². The van der Waals surface area contributed by atoms with Crippen molar-refractivity contribution in [1.82, 2.24) is 0 Å². The molecule has 4 rings (SSSR count). The molecule has 0 bridgehead atoms. The van der Waals surface area contributed by atoms with Crippen LogP contribution in [0.1, 0.15) is 11.9 Å². The zero-order valence-corrected chi connectivity index (χ0v) is 10.6. The van der Waals surface area contributed by atoms with Gasteiger partial charge in [0, 0.05) is 12.7 Å². The lowest BCUT2D eigenvalue weighted by Crippen LogP contribution is -2.52. The lowest BCUT2D eigenvalue weighted by molar-refractivity contribution is -0.304. The third kappa shape index (κ3) is 1.98. The van der Waals surface area contributed by atoms with Crippen LogP contribution in [0.5, 0.6) is 0 Å². The quantitative estimate of drug-likeness (QED) is 0.752. The van der Waals surface area contributed by atoms with E-state index in [1.807, 2.05) is 30.3 Å². The zero-order valence-electron chi connectivity index (χ0n) is 10.6. The third-order valence-electron chi connectivity index (χ3n) is 3.83. The molecule has 3 aliphatic rings. The number of hydrogen-bond donors (Lipinski definition) is 0. The highest BCUT2D eigenvalue weighted by Gasteiger charge is 2.60. The summed E-state index contributed by atoms with van der Waals surface area (Å²) >= 11 is 0. The van der Waals surface area contributed by atoms with Crippen LogP contribution in [0.25, 0.3) is 0 Å². The van der Waals surface area contributed by atoms with Gasteiger partial charge < -0.3 is 23.7 Å². The average molecular weight is 264 g/mol. The first-order chi connectivity index (χ1) is 9.36. The molecular formula is C14H16O5. The van der Waals surface area contributed by atoms with Gasteiger partial charge in [-0.25, -0.2) is 0 Å². The molecule has 102 valence electrons. The van der Waals surface area contributed by atoms with Crippen molar-refractivity contribution < 1.29 is 23.7 Å². The van der Waals surface area contributed by atoms with Crippen LogP contribution in [0.2, 0.25) is 0 Å². The minimum absolute atomic E-state index is 0.000716. The maximum Gasteiger partial charge on any atom is 0.186 e. The Labute approximate surface area is 111 Å². The van der Waals surface area contributed by atoms with Crippen LogP contribution in [-0.4, -0.2) is 44.4 Å². The maximum atomic E-state index is 6.00. The molecule has 0 saturated carbocycles. The van der Waals surface area contributed by atoms with E-state index in [0.29, 0.717) is 6.61 Å². The molecule has 5 heteroatoms. The summed E-state index contributed by atoms with van der Waals surface area (Å²) in [5, 5.41) is 0. The Morgan fingerprint density at radius 1 is 1.00 bits per heavy atom. The Balaban J connectivity index is 1.50. The molecule has 0 unspecified atom stereocenters. The van der Waals surface area contributed by atoms with Crippen LogP contribution in [0.15, 0.2) is 30.3 Å². The molecular weight excluding hydrogens is 248 g/mol. The van der Waals surface area contributed by atoms with E-state index in [9.17, 15) is 0 Å². The molecule has 19 heavy (non-hydrogen) atoms. The minimum Gasteiger partial charge on any atom is -0.361 e. The predicted octanol–water partition coefficient (Wildman–Crippen LogP) is 1.24. The SMILES string of the molecule is CO[C@@H]1O[C@@H]2CO[C@@H](c3ccccc3)O[C@H]2[C@@H]2O[C@H]12. The molecule has 0 radical (unpaired) electrons. The summed E-state index contributed by atoms with van der Waals surface area (Å²) in [4.78, 5) is 0. The second kappa shape index (κ2) is 4.54. The average Bonchev–Trinajstić information content (AvgIpc) is 3.27. The fourth-order valence-corrected chi connectivity index (χ4v) is 2.80. The molecule has 6 atom stereocenters. The fourth-order valence-electron chi connectivity index (χ4n) is 2.80. The van der Waals surface area contributed by atoms with Gasteiger partial charge in [-0.15, -0.1) is 0 Å². The molecule has 0 aliphatic carbocycles. The van der Waals surface area contributed by atoms with E-state index in [1.54, 1.807) is 7.11 Å². The van der Waals surface area contributed by atoms with Crippen molar-refractivity contribution in [3.8, 4) is 0 Å². The molecule has 5 nitrogen and oxygen atoms in total. The molecule has 0 aromatic heterocycles. The van der Waals surface area contributed by atoms with Crippen molar-refractivity contribution in [3.05, 3.63) is 35.9 Å². The third-order valence-corrected chi connectivity index (χ3v) is 3.83. The first kappa shape index (κ1) is 11.8. The van der Waals surface area contributed by atoms with Gasteiger partial charge in [0.05, 0.1) is 6.61 Å². The van der Waals surface area contributed by atoms with Gasteiger partial charge in [-0.05, 0) is 0 Å². The van der Waals surface area contributed by atoms with E-state index in [4.69, 9.17) is 23.7 Å². The van der Waals surface area contributed by atoms with E-state index in [-0.39, 0.29) is 37.0 Å². The molecule has 1 aromatic carbocycles. The summed E-state index contributed by atoms with van der Waals surface area (Å²) in [5.41, 5.74) is 1.02. The predicted molar refractivity (Wildman–Crippen MR) is 64.3 cm³/mol. The highest BCUT2D eigenvalue weighted by atomic mass is 16.8. The van der Waals surface area contributed by atoms with Gasteiger partial charge in [-0.3, -0.25) is 0 Å². The highest BCUT2D eigenvalue weighted by Crippen LogP contribution is 2.43. The second-order valence-electron chi connectivity index (χ2n) is 5.02. The first-order valence-electron chi connectivity index (χ1n) is 6.52. The van der Waals surface area contributed by atoms with Crippen molar-refractivity contribution >= 4 is 0 Å². The number of epoxide rings is 1. The smallest absolute Gasteiger partial charge is 0.186 e. The van der Waals surface area contributed by atoms with Gasteiger partial charge in [0.15, 0.2) is 12.6 Å². The Morgan fingerprint density at radius 2 is 1.84 bits per heavy atom. The van der Waals surface area contributed by atoms with Gasteiger partial charge in [0.1, 0.15) is 24.4 Å². The molecule has 0 N–H and O–H groups in total. The van der Waals surface area contributed by atoms with E-state index < -0.39 is 0 Å². The Hall–Kier alpha value is -0.980. The van der Waals surface area contributed by atoms with Gasteiger partial charge in [-0.1, -0.05) is 30.3 Å². The molecule has 3 saturated heterocycles. The standard InChI is InChI=1S/C14H16O5/c1-15-14-12-11(18-12)10-9(17-14)7-16-13(19-10)8-5-3-2-4-6-8/h2-6,9-14H,7H2,1H3/t9-,10-,11+,12+,13-,14-/m1/s1. The minimum atomic E-state index is -0.338. The number of rotatable bonds is 2. The van der Waals surface area contributed by atoms with E-state index in [2.05, 4.69) is 0 Å². The Morgan fingerprint density at radius 3 is 2.63 bits per heavy atom. The van der Waals surface area contributed by atoms with Gasteiger partial charge in [0.2, 0.25) is 0 Å². The largest absolute Gasteiger partial charge is 0.361 e. The molecule has 3 aliphatic heterocycles. The summed E-state index contributed by atoms with van der Waals surface area (Å²) in [5.74, 6) is 0. The number of methoxy groups -OCH3 is 1. The van der Waals surface area contributed by atoms with Crippen LogP contribution in [0, 0.1) is 0 Å². The molecule has 0 amide bonds. The van der Waals surface area contributed by atoms with Crippen molar-refractivity contribution in [2.45, 2.75) is 37.0 Å². The molecule has 0 spiro atoms. The summed E-state index contributed by atoms with van der Waals surface area (Å²) in [6, 6.07) is 9.92. The highest BCUT2D eigenvalue weighted by molar-refractivity contribution is 5.17. The van der Waals surface area contributed by atoms with Crippen LogP contribution < -0.4 is 0 Å². The monoisotopic (exact) mass is 264 g/mol. The fraction of sp³-hybridized carbons (Fsp3) is 0.571. The second-order valence-corrected chi connectivity index (χ2v) is 5.02. The Bertz CT molecular complexity index is 450. The summed E-state index contributed by atoms with van der Waals surface area (Å²) in [6.07, 6.45) is -0.759. The molecule has 3 fully saturated rings. The zero-order chi connectivity index (χ0) is 12.8. The van der Waals surface area contributed by atoms with Crippen molar-refractivity contribution in [1.29, 1.82) is 0 Å². The summed E-state index contributed by atoms with van der Waals surface area (Å²) < 4.78 is 28.4. The first-order valence-corrected chi connectivity index (χ1v) is 6.52. The van der Waals surface area contributed by atoms with Crippen LogP contribution in [-0.2, 0) is 23.7 Å². The van der Waals surface area contributed by atoms with Crippen LogP contribution in [0.3, 0.4) is 0 Å².